The minimum absolute atomic E-state index is 0.0113. The lowest BCUT2D eigenvalue weighted by Gasteiger charge is -2.36. The number of rotatable bonds is 6. The summed E-state index contributed by atoms with van der Waals surface area (Å²) in [4.78, 5) is 14.3. The normalized spacial score (nSPS) is 29.5. The van der Waals surface area contributed by atoms with Gasteiger partial charge in [-0.05, 0) is 38.0 Å². The van der Waals surface area contributed by atoms with Gasteiger partial charge in [0.1, 0.15) is 6.61 Å². The molecule has 3 atom stereocenters. The molecule has 0 aromatic rings. The lowest BCUT2D eigenvalue weighted by molar-refractivity contribution is -0.143. The highest BCUT2D eigenvalue weighted by Gasteiger charge is 2.29. The average molecular weight is 346 g/mol. The molecule has 1 heterocycles. The number of carbonyl (C=O) groups excluding carboxylic acids is 1. The quantitative estimate of drug-likeness (QED) is 0.791. The SMILES string of the molecule is CC1CCCCC1OCC(=O)N1CCCCC1CNS(C)(=O)=O. The van der Waals surface area contributed by atoms with Crippen LogP contribution in [0.15, 0.2) is 0 Å². The Morgan fingerprint density at radius 3 is 2.57 bits per heavy atom. The molecule has 0 radical (unpaired) electrons. The molecule has 0 aromatic carbocycles. The highest BCUT2D eigenvalue weighted by atomic mass is 32.2. The van der Waals surface area contributed by atoms with Crippen LogP contribution < -0.4 is 4.72 Å². The zero-order valence-corrected chi connectivity index (χ0v) is 15.1. The third-order valence-corrected chi connectivity index (χ3v) is 5.67. The first-order chi connectivity index (χ1) is 10.9. The number of nitrogens with zero attached hydrogens (tertiary/aromatic N) is 1. The van der Waals surface area contributed by atoms with E-state index in [0.717, 1.165) is 31.9 Å². The van der Waals surface area contributed by atoms with Crippen LogP contribution in [-0.2, 0) is 19.6 Å². The fourth-order valence-electron chi connectivity index (χ4n) is 3.58. The van der Waals surface area contributed by atoms with E-state index in [1.54, 1.807) is 4.90 Å². The van der Waals surface area contributed by atoms with Crippen molar-refractivity contribution in [1.29, 1.82) is 0 Å². The van der Waals surface area contributed by atoms with Gasteiger partial charge in [0.25, 0.3) is 0 Å². The highest BCUT2D eigenvalue weighted by molar-refractivity contribution is 7.88. The summed E-state index contributed by atoms with van der Waals surface area (Å²) in [6.07, 6.45) is 8.81. The van der Waals surface area contributed by atoms with Crippen LogP contribution in [0, 0.1) is 5.92 Å². The van der Waals surface area contributed by atoms with Crippen molar-refractivity contribution < 1.29 is 17.9 Å². The van der Waals surface area contributed by atoms with Crippen LogP contribution >= 0.6 is 0 Å². The molecule has 1 saturated heterocycles. The molecule has 7 heteroatoms. The fraction of sp³-hybridized carbons (Fsp3) is 0.938. The molecule has 0 spiro atoms. The summed E-state index contributed by atoms with van der Waals surface area (Å²) in [5, 5.41) is 0. The second kappa shape index (κ2) is 8.44. The van der Waals surface area contributed by atoms with E-state index in [-0.39, 0.29) is 24.7 Å². The molecular formula is C16H30N2O4S. The van der Waals surface area contributed by atoms with E-state index < -0.39 is 10.0 Å². The number of piperidine rings is 1. The zero-order valence-electron chi connectivity index (χ0n) is 14.3. The van der Waals surface area contributed by atoms with E-state index in [1.807, 2.05) is 0 Å². The van der Waals surface area contributed by atoms with Crippen molar-refractivity contribution in [3.63, 3.8) is 0 Å². The second-order valence-electron chi connectivity index (χ2n) is 6.97. The predicted molar refractivity (Wildman–Crippen MR) is 89.6 cm³/mol. The molecule has 1 amide bonds. The van der Waals surface area contributed by atoms with Crippen LogP contribution in [0.1, 0.15) is 51.9 Å². The zero-order chi connectivity index (χ0) is 16.9. The van der Waals surface area contributed by atoms with Crippen LogP contribution in [0.4, 0.5) is 0 Å². The first-order valence-electron chi connectivity index (χ1n) is 8.72. The summed E-state index contributed by atoms with van der Waals surface area (Å²) < 4.78 is 31.0. The molecule has 134 valence electrons. The van der Waals surface area contributed by atoms with Crippen molar-refractivity contribution >= 4 is 15.9 Å². The molecule has 6 nitrogen and oxygen atoms in total. The molecule has 1 aliphatic heterocycles. The third kappa shape index (κ3) is 6.04. The number of ether oxygens (including phenoxy) is 1. The van der Waals surface area contributed by atoms with Crippen LogP contribution in [0.25, 0.3) is 0 Å². The molecular weight excluding hydrogens is 316 g/mol. The van der Waals surface area contributed by atoms with Crippen LogP contribution in [0.2, 0.25) is 0 Å². The van der Waals surface area contributed by atoms with Gasteiger partial charge in [-0.25, -0.2) is 13.1 Å². The number of sulfonamides is 1. The topological polar surface area (TPSA) is 75.7 Å². The van der Waals surface area contributed by atoms with Gasteiger partial charge in [0, 0.05) is 19.1 Å². The number of carbonyl (C=O) groups is 1. The summed E-state index contributed by atoms with van der Waals surface area (Å²) in [5.74, 6) is 0.503. The van der Waals surface area contributed by atoms with Gasteiger partial charge in [0.15, 0.2) is 0 Å². The Kier molecular flexibility index (Phi) is 6.85. The summed E-state index contributed by atoms with van der Waals surface area (Å²) in [6, 6.07) is -0.0571. The Bertz CT molecular complexity index is 494. The van der Waals surface area contributed by atoms with E-state index in [9.17, 15) is 13.2 Å². The maximum absolute atomic E-state index is 12.5. The Labute approximate surface area is 140 Å². The molecule has 2 aliphatic rings. The predicted octanol–water partition coefficient (Wildman–Crippen LogP) is 1.51. The van der Waals surface area contributed by atoms with Crippen molar-refractivity contribution in [2.75, 3.05) is 26.0 Å². The van der Waals surface area contributed by atoms with Gasteiger partial charge in [-0.3, -0.25) is 4.79 Å². The Balaban J connectivity index is 1.84. The second-order valence-corrected chi connectivity index (χ2v) is 8.80. The van der Waals surface area contributed by atoms with Crippen LogP contribution in [-0.4, -0.2) is 57.3 Å². The maximum Gasteiger partial charge on any atom is 0.248 e. The van der Waals surface area contributed by atoms with E-state index in [0.29, 0.717) is 19.0 Å². The van der Waals surface area contributed by atoms with Gasteiger partial charge in [0.05, 0.1) is 12.4 Å². The summed E-state index contributed by atoms with van der Waals surface area (Å²) >= 11 is 0. The molecule has 23 heavy (non-hydrogen) atoms. The first-order valence-corrected chi connectivity index (χ1v) is 10.6. The van der Waals surface area contributed by atoms with E-state index in [2.05, 4.69) is 11.6 Å². The lowest BCUT2D eigenvalue weighted by atomic mass is 9.88. The van der Waals surface area contributed by atoms with Crippen molar-refractivity contribution in [2.45, 2.75) is 64.0 Å². The molecule has 3 unspecified atom stereocenters. The summed E-state index contributed by atoms with van der Waals surface area (Å²) in [5.41, 5.74) is 0. The molecule has 2 rings (SSSR count). The van der Waals surface area contributed by atoms with Gasteiger partial charge in [-0.15, -0.1) is 0 Å². The maximum atomic E-state index is 12.5. The smallest absolute Gasteiger partial charge is 0.248 e. The summed E-state index contributed by atoms with van der Waals surface area (Å²) in [6.45, 7) is 3.29. The minimum Gasteiger partial charge on any atom is -0.368 e. The molecule has 1 aliphatic carbocycles. The van der Waals surface area contributed by atoms with Crippen molar-refractivity contribution in [3.8, 4) is 0 Å². The van der Waals surface area contributed by atoms with Crippen molar-refractivity contribution in [3.05, 3.63) is 0 Å². The van der Waals surface area contributed by atoms with Crippen LogP contribution in [0.5, 0.6) is 0 Å². The highest BCUT2D eigenvalue weighted by Crippen LogP contribution is 2.26. The van der Waals surface area contributed by atoms with E-state index >= 15 is 0 Å². The number of hydrogen-bond donors (Lipinski definition) is 1. The number of likely N-dealkylation sites (tertiary alicyclic amines) is 1. The van der Waals surface area contributed by atoms with Gasteiger partial charge in [0.2, 0.25) is 15.9 Å². The van der Waals surface area contributed by atoms with E-state index in [1.165, 1.54) is 19.3 Å². The van der Waals surface area contributed by atoms with Gasteiger partial charge in [-0.1, -0.05) is 19.8 Å². The monoisotopic (exact) mass is 346 g/mol. The molecule has 1 N–H and O–H groups in total. The standard InChI is InChI=1S/C16H30N2O4S/c1-13-7-3-4-9-15(13)22-12-16(19)18-10-6-5-8-14(18)11-17-23(2,20)21/h13-15,17H,3-12H2,1-2H3. The van der Waals surface area contributed by atoms with E-state index in [4.69, 9.17) is 4.74 Å². The van der Waals surface area contributed by atoms with Gasteiger partial charge in [-0.2, -0.15) is 0 Å². The first kappa shape index (κ1) is 18.7. The average Bonchev–Trinajstić information content (AvgIpc) is 2.51. The lowest BCUT2D eigenvalue weighted by Crippen LogP contribution is -2.50. The Morgan fingerprint density at radius 2 is 1.87 bits per heavy atom. The Morgan fingerprint density at radius 1 is 1.17 bits per heavy atom. The molecule has 1 saturated carbocycles. The third-order valence-electron chi connectivity index (χ3n) is 4.98. The molecule has 0 bridgehead atoms. The number of hydrogen-bond acceptors (Lipinski definition) is 4. The number of amides is 1. The Hall–Kier alpha value is -0.660. The van der Waals surface area contributed by atoms with Gasteiger partial charge >= 0.3 is 0 Å². The van der Waals surface area contributed by atoms with Gasteiger partial charge < -0.3 is 9.64 Å². The van der Waals surface area contributed by atoms with Crippen molar-refractivity contribution in [2.24, 2.45) is 5.92 Å². The summed E-state index contributed by atoms with van der Waals surface area (Å²) in [7, 11) is -3.23. The molecule has 0 aromatic heterocycles. The van der Waals surface area contributed by atoms with Crippen molar-refractivity contribution in [1.82, 2.24) is 9.62 Å². The largest absolute Gasteiger partial charge is 0.368 e. The molecule has 2 fully saturated rings. The van der Waals surface area contributed by atoms with Crippen LogP contribution in [0.3, 0.4) is 0 Å². The number of nitrogens with one attached hydrogen (secondary N) is 1. The minimum atomic E-state index is -3.23. The fourth-order valence-corrected chi connectivity index (χ4v) is 4.07.